The highest BCUT2D eigenvalue weighted by molar-refractivity contribution is 5.90. The highest BCUT2D eigenvalue weighted by Gasteiger charge is 2.26. The number of nitrogens with one attached hydrogen (secondary N) is 1. The first-order chi connectivity index (χ1) is 17.0. The van der Waals surface area contributed by atoms with E-state index in [1.54, 1.807) is 0 Å². The molecule has 0 saturated carbocycles. The molecular formula is C31H40N4. The minimum atomic E-state index is 0.657. The summed E-state index contributed by atoms with van der Waals surface area (Å²) in [6, 6.07) is 11.1. The average molecular weight is 469 g/mol. The second-order valence-electron chi connectivity index (χ2n) is 9.82. The number of rotatable bonds is 7. The second kappa shape index (κ2) is 11.5. The van der Waals surface area contributed by atoms with E-state index in [2.05, 4.69) is 78.9 Å². The molecule has 1 atom stereocenters. The van der Waals surface area contributed by atoms with E-state index in [9.17, 15) is 0 Å². The first-order valence-electron chi connectivity index (χ1n) is 13.3. The first kappa shape index (κ1) is 25.0. The largest absolute Gasteiger partial charge is 0.356 e. The van der Waals surface area contributed by atoms with Crippen molar-refractivity contribution in [3.63, 3.8) is 0 Å². The quantitative estimate of drug-likeness (QED) is 0.363. The molecule has 1 fully saturated rings. The summed E-state index contributed by atoms with van der Waals surface area (Å²) in [5.74, 6) is 2.57. The molecular weight excluding hydrogens is 428 g/mol. The van der Waals surface area contributed by atoms with Gasteiger partial charge in [0.15, 0.2) is 5.82 Å². The van der Waals surface area contributed by atoms with E-state index in [0.29, 0.717) is 5.92 Å². The lowest BCUT2D eigenvalue weighted by atomic mass is 10.0. The molecule has 2 aromatic heterocycles. The van der Waals surface area contributed by atoms with Gasteiger partial charge in [0.25, 0.3) is 0 Å². The fourth-order valence-corrected chi connectivity index (χ4v) is 5.16. The maximum Gasteiger partial charge on any atom is 0.163 e. The molecule has 1 N–H and O–H groups in total. The Balaban J connectivity index is 0.00000141. The molecule has 0 spiro atoms. The molecule has 3 aromatic rings. The van der Waals surface area contributed by atoms with Gasteiger partial charge in [0.2, 0.25) is 0 Å². The molecule has 1 aliphatic carbocycles. The van der Waals surface area contributed by atoms with Gasteiger partial charge in [0.1, 0.15) is 11.5 Å². The van der Waals surface area contributed by atoms with E-state index in [1.807, 2.05) is 13.8 Å². The summed E-state index contributed by atoms with van der Waals surface area (Å²) in [5, 5.41) is 1.15. The number of hydrogen-bond donors (Lipinski definition) is 1. The number of aromatic nitrogens is 3. The van der Waals surface area contributed by atoms with Crippen molar-refractivity contribution in [2.24, 2.45) is 5.92 Å². The third-order valence-electron chi connectivity index (χ3n) is 6.76. The van der Waals surface area contributed by atoms with Crippen LogP contribution in [0.15, 0.2) is 60.7 Å². The second-order valence-corrected chi connectivity index (χ2v) is 9.82. The zero-order valence-corrected chi connectivity index (χ0v) is 21.9. The van der Waals surface area contributed by atoms with Crippen LogP contribution >= 0.6 is 0 Å². The summed E-state index contributed by atoms with van der Waals surface area (Å²) in [5.41, 5.74) is 7.28. The van der Waals surface area contributed by atoms with E-state index < -0.39 is 0 Å². The smallest absolute Gasteiger partial charge is 0.163 e. The first-order valence-corrected chi connectivity index (χ1v) is 13.3. The maximum absolute atomic E-state index is 5.12. The molecule has 0 radical (unpaired) electrons. The monoisotopic (exact) mass is 468 g/mol. The highest BCUT2D eigenvalue weighted by atomic mass is 15.2. The number of nitrogens with zero attached hydrogens (tertiary/aromatic N) is 3. The molecule has 35 heavy (non-hydrogen) atoms. The molecule has 5 rings (SSSR count). The third-order valence-corrected chi connectivity index (χ3v) is 6.76. The molecule has 4 heteroatoms. The predicted octanol–water partition coefficient (Wildman–Crippen LogP) is 7.60. The number of H-pyrrole nitrogens is 1. The normalized spacial score (nSPS) is 17.3. The number of aromatic amines is 1. The van der Waals surface area contributed by atoms with Crippen LogP contribution in [-0.2, 0) is 12.8 Å². The molecule has 1 aliphatic heterocycles. The maximum atomic E-state index is 5.12. The van der Waals surface area contributed by atoms with E-state index in [0.717, 1.165) is 73.4 Å². The number of benzene rings is 1. The topological polar surface area (TPSA) is 44.8 Å². The predicted molar refractivity (Wildman–Crippen MR) is 150 cm³/mol. The Morgan fingerprint density at radius 3 is 2.74 bits per heavy atom. The summed E-state index contributed by atoms with van der Waals surface area (Å²) in [7, 11) is 0. The highest BCUT2D eigenvalue weighted by Crippen LogP contribution is 2.33. The van der Waals surface area contributed by atoms with Gasteiger partial charge in [-0.2, -0.15) is 0 Å². The van der Waals surface area contributed by atoms with Gasteiger partial charge in [-0.3, -0.25) is 0 Å². The number of aryl methyl sites for hydroxylation is 3. The molecule has 0 amide bonds. The van der Waals surface area contributed by atoms with Gasteiger partial charge in [-0.25, -0.2) is 9.97 Å². The van der Waals surface area contributed by atoms with Gasteiger partial charge in [-0.15, -0.1) is 6.58 Å². The van der Waals surface area contributed by atoms with Gasteiger partial charge in [0, 0.05) is 24.4 Å². The van der Waals surface area contributed by atoms with Crippen molar-refractivity contribution in [1.29, 1.82) is 0 Å². The van der Waals surface area contributed by atoms with Crippen LogP contribution in [-0.4, -0.2) is 28.0 Å². The number of anilines is 1. The summed E-state index contributed by atoms with van der Waals surface area (Å²) in [6.45, 7) is 14.5. The van der Waals surface area contributed by atoms with Crippen molar-refractivity contribution in [3.8, 4) is 0 Å². The van der Waals surface area contributed by atoms with Crippen LogP contribution in [0.4, 0.5) is 5.82 Å². The Morgan fingerprint density at radius 2 is 2.00 bits per heavy atom. The fraction of sp³-hybridized carbons (Fsp3) is 0.419. The van der Waals surface area contributed by atoms with Crippen molar-refractivity contribution >= 4 is 22.4 Å². The van der Waals surface area contributed by atoms with E-state index in [1.165, 1.54) is 28.8 Å². The van der Waals surface area contributed by atoms with E-state index in [4.69, 9.17) is 9.97 Å². The van der Waals surface area contributed by atoms with Gasteiger partial charge in [0.05, 0.1) is 5.39 Å². The lowest BCUT2D eigenvalue weighted by molar-refractivity contribution is 0.584. The fourth-order valence-electron chi connectivity index (χ4n) is 5.16. The molecule has 3 heterocycles. The summed E-state index contributed by atoms with van der Waals surface area (Å²) < 4.78 is 0. The SMILES string of the molecule is C=C(C)CC1CCN(c2nc(C3=CCCC=C3)nc3[nH]c(CCc4cccc(C)c4)cc23)C1.CC. The molecule has 1 aromatic carbocycles. The van der Waals surface area contributed by atoms with Gasteiger partial charge < -0.3 is 9.88 Å². The summed E-state index contributed by atoms with van der Waals surface area (Å²) in [6.07, 6.45) is 13.1. The third kappa shape index (κ3) is 6.11. The van der Waals surface area contributed by atoms with Crippen molar-refractivity contribution in [2.75, 3.05) is 18.0 Å². The van der Waals surface area contributed by atoms with E-state index >= 15 is 0 Å². The molecule has 184 valence electrons. The molecule has 1 unspecified atom stereocenters. The van der Waals surface area contributed by atoms with Crippen LogP contribution in [0.1, 0.15) is 69.1 Å². The van der Waals surface area contributed by atoms with E-state index in [-0.39, 0.29) is 0 Å². The number of hydrogen-bond acceptors (Lipinski definition) is 3. The average Bonchev–Trinajstić information content (AvgIpc) is 3.50. The summed E-state index contributed by atoms with van der Waals surface area (Å²) in [4.78, 5) is 16.2. The molecule has 1 saturated heterocycles. The Morgan fingerprint density at radius 1 is 1.14 bits per heavy atom. The van der Waals surface area contributed by atoms with Crippen LogP contribution < -0.4 is 4.90 Å². The minimum Gasteiger partial charge on any atom is -0.356 e. The van der Waals surface area contributed by atoms with Crippen molar-refractivity contribution in [3.05, 3.63) is 83.4 Å². The van der Waals surface area contributed by atoms with Crippen molar-refractivity contribution < 1.29 is 0 Å². The molecule has 4 nitrogen and oxygen atoms in total. The van der Waals surface area contributed by atoms with Gasteiger partial charge in [-0.1, -0.05) is 67.5 Å². The molecule has 0 bridgehead atoms. The lowest BCUT2D eigenvalue weighted by Gasteiger charge is -2.19. The zero-order chi connectivity index (χ0) is 24.8. The minimum absolute atomic E-state index is 0.657. The number of allylic oxidation sites excluding steroid dienone is 5. The Kier molecular flexibility index (Phi) is 8.22. The van der Waals surface area contributed by atoms with Crippen LogP contribution in [0.5, 0.6) is 0 Å². The van der Waals surface area contributed by atoms with Gasteiger partial charge >= 0.3 is 0 Å². The van der Waals surface area contributed by atoms with Gasteiger partial charge in [-0.05, 0) is 69.9 Å². The standard InChI is InChI=1S/C29H34N4.C2H6/c1-20(2)16-23-14-15-33(19-23)29-26-18-25(13-12-22-9-7-8-21(3)17-22)30-28(26)31-27(32-29)24-10-5-4-6-11-24;1-2/h5,7-11,17-18,23H,1,4,6,12-16,19H2,2-3H3,(H,30,31,32);1-2H3. The number of fused-ring (bicyclic) bond motifs is 1. The zero-order valence-electron chi connectivity index (χ0n) is 21.9. The Hall–Kier alpha value is -3.14. The van der Waals surface area contributed by atoms with Crippen molar-refractivity contribution in [2.45, 2.75) is 66.2 Å². The Labute approximate surface area is 210 Å². The van der Waals surface area contributed by atoms with Crippen LogP contribution in [0.3, 0.4) is 0 Å². The lowest BCUT2D eigenvalue weighted by Crippen LogP contribution is -2.22. The van der Waals surface area contributed by atoms with Crippen LogP contribution in [0.25, 0.3) is 16.6 Å². The van der Waals surface area contributed by atoms with Crippen LogP contribution in [0.2, 0.25) is 0 Å². The Bertz CT molecular complexity index is 1230. The molecule has 2 aliphatic rings. The summed E-state index contributed by atoms with van der Waals surface area (Å²) >= 11 is 0. The van der Waals surface area contributed by atoms with Crippen molar-refractivity contribution in [1.82, 2.24) is 15.0 Å². The van der Waals surface area contributed by atoms with Crippen LogP contribution in [0, 0.1) is 12.8 Å².